The van der Waals surface area contributed by atoms with Crippen molar-refractivity contribution < 1.29 is 9.53 Å². The van der Waals surface area contributed by atoms with E-state index in [4.69, 9.17) is 4.74 Å². The summed E-state index contributed by atoms with van der Waals surface area (Å²) in [5.41, 5.74) is 2.66. The molecule has 0 bridgehead atoms. The monoisotopic (exact) mass is 403 g/mol. The number of rotatable bonds is 5. The molecule has 30 heavy (non-hydrogen) atoms. The van der Waals surface area contributed by atoms with Crippen LogP contribution in [-0.4, -0.2) is 42.1 Å². The summed E-state index contributed by atoms with van der Waals surface area (Å²) in [6.45, 7) is 4.60. The summed E-state index contributed by atoms with van der Waals surface area (Å²) in [5, 5.41) is 20.1. The molecule has 0 saturated heterocycles. The standard InChI is InChI=1S/C21H21N7O2/c1-3-10-30-15-6-4-14(5-7-15)16-11-20(29)23-21-17(16)12-22-28(21)19-9-8-18-25-24-13(2)27(18)26-19/h4-9,12,16H,3,10-11H2,1-2H3,(H,23,29). The third-order valence-corrected chi connectivity index (χ3v) is 5.20. The topological polar surface area (TPSA) is 99.2 Å². The van der Waals surface area contributed by atoms with Gasteiger partial charge in [0.1, 0.15) is 11.6 Å². The molecule has 1 aliphatic heterocycles. The number of hydrogen-bond donors (Lipinski definition) is 1. The van der Waals surface area contributed by atoms with Crippen molar-refractivity contribution in [2.24, 2.45) is 0 Å². The first-order valence-electron chi connectivity index (χ1n) is 9.94. The number of anilines is 1. The van der Waals surface area contributed by atoms with Crippen LogP contribution in [0, 0.1) is 6.92 Å². The van der Waals surface area contributed by atoms with Crippen LogP contribution in [0.4, 0.5) is 5.82 Å². The highest BCUT2D eigenvalue weighted by molar-refractivity contribution is 5.94. The molecule has 1 aromatic carbocycles. The second-order valence-corrected chi connectivity index (χ2v) is 7.29. The minimum Gasteiger partial charge on any atom is -0.494 e. The van der Waals surface area contributed by atoms with Gasteiger partial charge in [0.2, 0.25) is 5.91 Å². The molecule has 1 aliphatic rings. The number of hydrogen-bond acceptors (Lipinski definition) is 6. The van der Waals surface area contributed by atoms with Crippen molar-refractivity contribution in [3.8, 4) is 11.6 Å². The third-order valence-electron chi connectivity index (χ3n) is 5.20. The number of benzene rings is 1. The van der Waals surface area contributed by atoms with Crippen LogP contribution < -0.4 is 10.1 Å². The highest BCUT2D eigenvalue weighted by Crippen LogP contribution is 2.38. The lowest BCUT2D eigenvalue weighted by atomic mass is 9.87. The second kappa shape index (κ2) is 7.25. The van der Waals surface area contributed by atoms with Gasteiger partial charge in [0.15, 0.2) is 17.3 Å². The number of amides is 1. The van der Waals surface area contributed by atoms with Gasteiger partial charge in [-0.25, -0.2) is 0 Å². The van der Waals surface area contributed by atoms with Crippen LogP contribution in [0.2, 0.25) is 0 Å². The molecule has 4 heterocycles. The van der Waals surface area contributed by atoms with Crippen molar-refractivity contribution in [2.45, 2.75) is 32.6 Å². The fourth-order valence-corrected chi connectivity index (χ4v) is 3.71. The first-order valence-corrected chi connectivity index (χ1v) is 9.94. The Morgan fingerprint density at radius 3 is 2.80 bits per heavy atom. The molecule has 1 N–H and O–H groups in total. The van der Waals surface area contributed by atoms with Crippen molar-refractivity contribution >= 4 is 17.4 Å². The van der Waals surface area contributed by atoms with Crippen LogP contribution in [0.1, 0.15) is 42.6 Å². The Labute approximate surface area is 172 Å². The van der Waals surface area contributed by atoms with E-state index in [1.165, 1.54) is 0 Å². The average molecular weight is 403 g/mol. The van der Waals surface area contributed by atoms with E-state index < -0.39 is 0 Å². The number of nitrogens with zero attached hydrogens (tertiary/aromatic N) is 6. The van der Waals surface area contributed by atoms with E-state index in [0.717, 1.165) is 23.3 Å². The number of aryl methyl sites for hydroxylation is 1. The SMILES string of the molecule is CCCOc1ccc(C2CC(=O)Nc3c2cnn3-c2ccc3nnc(C)n3n2)cc1. The van der Waals surface area contributed by atoms with E-state index in [1.54, 1.807) is 15.4 Å². The molecule has 1 amide bonds. The molecule has 3 aromatic heterocycles. The highest BCUT2D eigenvalue weighted by atomic mass is 16.5. The zero-order valence-electron chi connectivity index (χ0n) is 16.7. The third kappa shape index (κ3) is 3.08. The van der Waals surface area contributed by atoms with Gasteiger partial charge in [-0.15, -0.1) is 15.3 Å². The van der Waals surface area contributed by atoms with Gasteiger partial charge in [-0.05, 0) is 43.2 Å². The smallest absolute Gasteiger partial charge is 0.226 e. The van der Waals surface area contributed by atoms with Crippen molar-refractivity contribution in [1.29, 1.82) is 0 Å². The Morgan fingerprint density at radius 1 is 1.17 bits per heavy atom. The summed E-state index contributed by atoms with van der Waals surface area (Å²) in [6.07, 6.45) is 3.12. The fraction of sp³-hybridized carbons (Fsp3) is 0.286. The van der Waals surface area contributed by atoms with Crippen LogP contribution in [0.15, 0.2) is 42.6 Å². The van der Waals surface area contributed by atoms with Gasteiger partial charge in [0, 0.05) is 17.9 Å². The van der Waals surface area contributed by atoms with Crippen molar-refractivity contribution in [1.82, 2.24) is 29.6 Å². The first-order chi connectivity index (χ1) is 14.6. The molecule has 0 aliphatic carbocycles. The van der Waals surface area contributed by atoms with Crippen LogP contribution >= 0.6 is 0 Å². The summed E-state index contributed by atoms with van der Waals surface area (Å²) in [7, 11) is 0. The Bertz CT molecular complexity index is 1230. The Balaban J connectivity index is 1.52. The normalized spacial score (nSPS) is 15.8. The summed E-state index contributed by atoms with van der Waals surface area (Å²) in [5.74, 6) is 2.60. The minimum atomic E-state index is -0.0805. The molecule has 0 radical (unpaired) electrons. The molecular formula is C21H21N7O2. The highest BCUT2D eigenvalue weighted by Gasteiger charge is 2.30. The maximum Gasteiger partial charge on any atom is 0.226 e. The molecule has 1 unspecified atom stereocenters. The van der Waals surface area contributed by atoms with E-state index >= 15 is 0 Å². The maximum atomic E-state index is 12.5. The van der Waals surface area contributed by atoms with Gasteiger partial charge >= 0.3 is 0 Å². The van der Waals surface area contributed by atoms with Gasteiger partial charge in [-0.1, -0.05) is 19.1 Å². The van der Waals surface area contributed by atoms with Gasteiger partial charge in [0.05, 0.1) is 12.8 Å². The van der Waals surface area contributed by atoms with Gasteiger partial charge in [0.25, 0.3) is 0 Å². The van der Waals surface area contributed by atoms with Gasteiger partial charge in [-0.3, -0.25) is 4.79 Å². The van der Waals surface area contributed by atoms with Crippen molar-refractivity contribution in [2.75, 3.05) is 11.9 Å². The lowest BCUT2D eigenvalue weighted by molar-refractivity contribution is -0.116. The summed E-state index contributed by atoms with van der Waals surface area (Å²) >= 11 is 0. The molecule has 9 nitrogen and oxygen atoms in total. The number of carbonyl (C=O) groups is 1. The minimum absolute atomic E-state index is 0.0536. The predicted molar refractivity (Wildman–Crippen MR) is 110 cm³/mol. The molecule has 4 aromatic rings. The number of aromatic nitrogens is 6. The molecule has 152 valence electrons. The van der Waals surface area contributed by atoms with E-state index in [1.807, 2.05) is 43.3 Å². The van der Waals surface area contributed by atoms with Gasteiger partial charge < -0.3 is 10.1 Å². The Hall–Kier alpha value is -3.75. The fourth-order valence-electron chi connectivity index (χ4n) is 3.71. The second-order valence-electron chi connectivity index (χ2n) is 7.29. The van der Waals surface area contributed by atoms with Crippen LogP contribution in [0.25, 0.3) is 11.5 Å². The van der Waals surface area contributed by atoms with E-state index in [-0.39, 0.29) is 11.8 Å². The number of carbonyl (C=O) groups excluding carboxylic acids is 1. The Kier molecular flexibility index (Phi) is 4.42. The Morgan fingerprint density at radius 2 is 2.00 bits per heavy atom. The van der Waals surface area contributed by atoms with E-state index in [0.29, 0.717) is 36.1 Å². The lowest BCUT2D eigenvalue weighted by Gasteiger charge is -2.23. The van der Waals surface area contributed by atoms with E-state index in [2.05, 4.69) is 32.6 Å². The summed E-state index contributed by atoms with van der Waals surface area (Å²) in [6, 6.07) is 11.6. The maximum absolute atomic E-state index is 12.5. The summed E-state index contributed by atoms with van der Waals surface area (Å²) < 4.78 is 8.97. The zero-order chi connectivity index (χ0) is 20.7. The van der Waals surface area contributed by atoms with Crippen molar-refractivity contribution in [3.63, 3.8) is 0 Å². The molecular weight excluding hydrogens is 382 g/mol. The number of ether oxygens (including phenoxy) is 1. The van der Waals surface area contributed by atoms with Crippen LogP contribution in [0.3, 0.4) is 0 Å². The number of fused-ring (bicyclic) bond motifs is 2. The molecule has 9 heteroatoms. The lowest BCUT2D eigenvalue weighted by Crippen LogP contribution is -2.24. The van der Waals surface area contributed by atoms with Crippen molar-refractivity contribution in [3.05, 3.63) is 59.5 Å². The van der Waals surface area contributed by atoms with Gasteiger partial charge in [-0.2, -0.15) is 14.3 Å². The predicted octanol–water partition coefficient (Wildman–Crippen LogP) is 2.88. The zero-order valence-corrected chi connectivity index (χ0v) is 16.7. The quantitative estimate of drug-likeness (QED) is 0.550. The molecule has 0 fully saturated rings. The molecule has 0 spiro atoms. The summed E-state index contributed by atoms with van der Waals surface area (Å²) in [4.78, 5) is 12.5. The molecule has 0 saturated carbocycles. The van der Waals surface area contributed by atoms with Crippen LogP contribution in [-0.2, 0) is 4.79 Å². The molecule has 1 atom stereocenters. The molecule has 5 rings (SSSR count). The van der Waals surface area contributed by atoms with E-state index in [9.17, 15) is 4.79 Å². The van der Waals surface area contributed by atoms with Crippen LogP contribution in [0.5, 0.6) is 5.75 Å². The number of nitrogens with one attached hydrogen (secondary N) is 1. The first kappa shape index (κ1) is 18.3. The average Bonchev–Trinajstić information content (AvgIpc) is 3.35. The largest absolute Gasteiger partial charge is 0.494 e.